The molecule has 0 fully saturated rings. The molecule has 1 atom stereocenters. The molecule has 2 aromatic rings. The molecule has 0 saturated carbocycles. The van der Waals surface area contributed by atoms with Crippen LogP contribution < -0.4 is 0 Å². The largest absolute Gasteiger partial charge is 0.469 e. The van der Waals surface area contributed by atoms with E-state index in [0.717, 1.165) is 17.5 Å². The van der Waals surface area contributed by atoms with Gasteiger partial charge in [-0.15, -0.1) is 0 Å². The summed E-state index contributed by atoms with van der Waals surface area (Å²) < 4.78 is 6.14. The summed E-state index contributed by atoms with van der Waals surface area (Å²) in [4.78, 5) is 4.73. The highest BCUT2D eigenvalue weighted by Crippen LogP contribution is 2.38. The van der Waals surface area contributed by atoms with Crippen molar-refractivity contribution < 1.29 is 4.74 Å². The monoisotopic (exact) mass is 333 g/mol. The van der Waals surface area contributed by atoms with Gasteiger partial charge in [-0.2, -0.15) is 0 Å². The number of aliphatic imine (C=N–C) groups is 1. The summed E-state index contributed by atoms with van der Waals surface area (Å²) in [6, 6.07) is 15.5. The molecule has 0 amide bonds. The molecule has 4 heteroatoms. The maximum absolute atomic E-state index is 6.35. The zero-order valence-corrected chi connectivity index (χ0v) is 14.0. The third kappa shape index (κ3) is 3.29. The molecule has 0 N–H and O–H groups in total. The molecular weight excluding hydrogens is 317 g/mol. The second kappa shape index (κ2) is 5.94. The lowest BCUT2D eigenvalue weighted by Gasteiger charge is -2.34. The Balaban J connectivity index is 1.97. The Morgan fingerprint density at radius 1 is 1.09 bits per heavy atom. The standard InChI is InChI=1S/C18H17Cl2NO/c1-18(2)11-16(14-9-8-13(19)10-15(14)20)22-17(21-18)12-6-4-3-5-7-12/h3-10,16H,11H2,1-2H3. The van der Waals surface area contributed by atoms with Crippen molar-refractivity contribution in [3.05, 3.63) is 69.7 Å². The van der Waals surface area contributed by atoms with Crippen molar-refractivity contribution in [1.29, 1.82) is 0 Å². The fourth-order valence-electron chi connectivity index (χ4n) is 2.63. The van der Waals surface area contributed by atoms with Crippen LogP contribution in [0.5, 0.6) is 0 Å². The molecule has 2 nitrogen and oxygen atoms in total. The fourth-order valence-corrected chi connectivity index (χ4v) is 3.16. The maximum Gasteiger partial charge on any atom is 0.217 e. The lowest BCUT2D eigenvalue weighted by atomic mass is 9.91. The van der Waals surface area contributed by atoms with Gasteiger partial charge in [0, 0.05) is 27.6 Å². The second-order valence-electron chi connectivity index (χ2n) is 6.07. The summed E-state index contributed by atoms with van der Waals surface area (Å²) in [5.41, 5.74) is 1.71. The molecule has 1 unspecified atom stereocenters. The van der Waals surface area contributed by atoms with E-state index < -0.39 is 0 Å². The van der Waals surface area contributed by atoms with E-state index in [2.05, 4.69) is 13.8 Å². The van der Waals surface area contributed by atoms with Crippen LogP contribution in [0.1, 0.15) is 37.5 Å². The Hall–Kier alpha value is -1.51. The lowest BCUT2D eigenvalue weighted by molar-refractivity contribution is 0.131. The van der Waals surface area contributed by atoms with E-state index in [1.54, 1.807) is 6.07 Å². The van der Waals surface area contributed by atoms with Crippen LogP contribution in [0.4, 0.5) is 0 Å². The average molecular weight is 334 g/mol. The predicted molar refractivity (Wildman–Crippen MR) is 92.0 cm³/mol. The van der Waals surface area contributed by atoms with Crippen LogP contribution in [0, 0.1) is 0 Å². The molecule has 3 rings (SSSR count). The summed E-state index contributed by atoms with van der Waals surface area (Å²) in [6.45, 7) is 4.21. The molecule has 0 spiro atoms. The third-order valence-electron chi connectivity index (χ3n) is 3.67. The molecule has 1 aliphatic heterocycles. The average Bonchev–Trinajstić information content (AvgIpc) is 2.46. The highest BCUT2D eigenvalue weighted by molar-refractivity contribution is 6.35. The van der Waals surface area contributed by atoms with Crippen molar-refractivity contribution in [3.8, 4) is 0 Å². The van der Waals surface area contributed by atoms with Crippen molar-refractivity contribution in [3.63, 3.8) is 0 Å². The Bertz CT molecular complexity index is 710. The van der Waals surface area contributed by atoms with E-state index in [-0.39, 0.29) is 11.6 Å². The zero-order chi connectivity index (χ0) is 15.7. The van der Waals surface area contributed by atoms with Crippen molar-refractivity contribution in [2.45, 2.75) is 31.9 Å². The quantitative estimate of drug-likeness (QED) is 0.692. The Labute approximate surface area is 140 Å². The normalized spacial score (nSPS) is 20.2. The first-order valence-electron chi connectivity index (χ1n) is 7.21. The molecule has 0 aromatic heterocycles. The first-order chi connectivity index (χ1) is 10.4. The van der Waals surface area contributed by atoms with Crippen LogP contribution in [-0.2, 0) is 4.74 Å². The SMILES string of the molecule is CC1(C)CC(c2ccc(Cl)cc2Cl)OC(c2ccccc2)=N1. The highest BCUT2D eigenvalue weighted by atomic mass is 35.5. The molecule has 0 aliphatic carbocycles. The number of nitrogens with zero attached hydrogens (tertiary/aromatic N) is 1. The summed E-state index contributed by atoms with van der Waals surface area (Å²) >= 11 is 12.3. The summed E-state index contributed by atoms with van der Waals surface area (Å²) in [7, 11) is 0. The summed E-state index contributed by atoms with van der Waals surface area (Å²) in [5, 5.41) is 1.25. The van der Waals surface area contributed by atoms with E-state index in [0.29, 0.717) is 15.9 Å². The lowest BCUT2D eigenvalue weighted by Crippen LogP contribution is -2.31. The van der Waals surface area contributed by atoms with Crippen molar-refractivity contribution in [1.82, 2.24) is 0 Å². The van der Waals surface area contributed by atoms with Gasteiger partial charge in [0.2, 0.25) is 5.90 Å². The number of hydrogen-bond acceptors (Lipinski definition) is 2. The Morgan fingerprint density at radius 2 is 1.82 bits per heavy atom. The molecule has 114 valence electrons. The number of hydrogen-bond donors (Lipinski definition) is 0. The van der Waals surface area contributed by atoms with Gasteiger partial charge in [-0.05, 0) is 38.1 Å². The van der Waals surface area contributed by atoms with Crippen molar-refractivity contribution >= 4 is 29.1 Å². The van der Waals surface area contributed by atoms with E-state index in [9.17, 15) is 0 Å². The van der Waals surface area contributed by atoms with E-state index in [1.807, 2.05) is 42.5 Å². The Morgan fingerprint density at radius 3 is 2.50 bits per heavy atom. The van der Waals surface area contributed by atoms with Gasteiger partial charge in [0.1, 0.15) is 6.10 Å². The first kappa shape index (κ1) is 15.4. The van der Waals surface area contributed by atoms with Crippen LogP contribution in [0.25, 0.3) is 0 Å². The smallest absolute Gasteiger partial charge is 0.217 e. The van der Waals surface area contributed by atoms with Crippen molar-refractivity contribution in [2.24, 2.45) is 4.99 Å². The van der Waals surface area contributed by atoms with Crippen LogP contribution in [0.3, 0.4) is 0 Å². The minimum Gasteiger partial charge on any atom is -0.469 e. The summed E-state index contributed by atoms with van der Waals surface area (Å²) in [5.74, 6) is 0.660. The van der Waals surface area contributed by atoms with Gasteiger partial charge in [0.05, 0.1) is 5.54 Å². The number of ether oxygens (including phenoxy) is 1. The van der Waals surface area contributed by atoms with Crippen LogP contribution in [-0.4, -0.2) is 11.4 Å². The fraction of sp³-hybridized carbons (Fsp3) is 0.278. The van der Waals surface area contributed by atoms with E-state index >= 15 is 0 Å². The summed E-state index contributed by atoms with van der Waals surface area (Å²) in [6.07, 6.45) is 0.637. The number of benzene rings is 2. The number of rotatable bonds is 2. The van der Waals surface area contributed by atoms with Gasteiger partial charge in [-0.25, -0.2) is 4.99 Å². The van der Waals surface area contributed by atoms with Gasteiger partial charge in [0.25, 0.3) is 0 Å². The first-order valence-corrected chi connectivity index (χ1v) is 7.97. The highest BCUT2D eigenvalue weighted by Gasteiger charge is 2.33. The zero-order valence-electron chi connectivity index (χ0n) is 12.5. The minimum absolute atomic E-state index is 0.132. The van der Waals surface area contributed by atoms with E-state index in [1.165, 1.54) is 0 Å². The van der Waals surface area contributed by atoms with Crippen LogP contribution >= 0.6 is 23.2 Å². The molecular formula is C18H17Cl2NO. The Kier molecular flexibility index (Phi) is 4.16. The van der Waals surface area contributed by atoms with Gasteiger partial charge < -0.3 is 4.74 Å². The van der Waals surface area contributed by atoms with Gasteiger partial charge in [0.15, 0.2) is 0 Å². The van der Waals surface area contributed by atoms with Gasteiger partial charge in [-0.1, -0.05) is 47.5 Å². The van der Waals surface area contributed by atoms with Crippen LogP contribution in [0.15, 0.2) is 53.5 Å². The molecule has 2 aromatic carbocycles. The molecule has 0 saturated heterocycles. The second-order valence-corrected chi connectivity index (χ2v) is 6.92. The maximum atomic E-state index is 6.35. The van der Waals surface area contributed by atoms with Gasteiger partial charge in [-0.3, -0.25) is 0 Å². The minimum atomic E-state index is -0.211. The third-order valence-corrected chi connectivity index (χ3v) is 4.24. The van der Waals surface area contributed by atoms with Crippen molar-refractivity contribution in [2.75, 3.05) is 0 Å². The van der Waals surface area contributed by atoms with E-state index in [4.69, 9.17) is 32.9 Å². The molecule has 0 radical (unpaired) electrons. The van der Waals surface area contributed by atoms with Gasteiger partial charge >= 0.3 is 0 Å². The predicted octanol–water partition coefficient (Wildman–Crippen LogP) is 5.68. The number of halogens is 2. The molecule has 0 bridgehead atoms. The topological polar surface area (TPSA) is 21.6 Å². The van der Waals surface area contributed by atoms with Crippen LogP contribution in [0.2, 0.25) is 10.0 Å². The molecule has 22 heavy (non-hydrogen) atoms. The molecule has 1 aliphatic rings. The molecule has 1 heterocycles.